The number of nitro groups is 1. The molecule has 0 saturated carbocycles. The first-order chi connectivity index (χ1) is 14.8. The first-order valence-corrected chi connectivity index (χ1v) is 10.6. The second-order valence-corrected chi connectivity index (χ2v) is 8.71. The molecule has 1 heterocycles. The Morgan fingerprint density at radius 2 is 2.03 bits per heavy atom. The Hall–Kier alpha value is -3.27. The molecule has 2 unspecified atom stereocenters. The van der Waals surface area contributed by atoms with E-state index in [1.807, 2.05) is 61.5 Å². The van der Waals surface area contributed by atoms with E-state index >= 15 is 0 Å². The number of anilines is 1. The minimum atomic E-state index is -0.947. The van der Waals surface area contributed by atoms with Crippen molar-refractivity contribution in [2.75, 3.05) is 18.0 Å². The van der Waals surface area contributed by atoms with Gasteiger partial charge in [-0.15, -0.1) is 0 Å². The van der Waals surface area contributed by atoms with Crippen molar-refractivity contribution in [1.82, 2.24) is 0 Å². The molecule has 0 aromatic heterocycles. The predicted octanol–water partition coefficient (Wildman–Crippen LogP) is 5.22. The molecule has 1 N–H and O–H groups in total. The van der Waals surface area contributed by atoms with Crippen molar-refractivity contribution in [3.05, 3.63) is 106 Å². The van der Waals surface area contributed by atoms with Crippen molar-refractivity contribution in [2.24, 2.45) is 0 Å². The summed E-state index contributed by atoms with van der Waals surface area (Å²) in [4.78, 5) is 13.4. The van der Waals surface area contributed by atoms with Crippen molar-refractivity contribution in [3.63, 3.8) is 0 Å². The van der Waals surface area contributed by atoms with Crippen LogP contribution in [-0.2, 0) is 11.0 Å². The Balaban J connectivity index is 1.66. The predicted molar refractivity (Wildman–Crippen MR) is 123 cm³/mol. The van der Waals surface area contributed by atoms with Crippen molar-refractivity contribution < 1.29 is 10.0 Å². The highest BCUT2D eigenvalue weighted by Gasteiger charge is 2.42. The molecule has 5 heteroatoms. The summed E-state index contributed by atoms with van der Waals surface area (Å²) in [5.74, 6) is 0. The largest absolute Gasteiger partial charge is 0.385 e. The van der Waals surface area contributed by atoms with Crippen molar-refractivity contribution in [3.8, 4) is 0 Å². The Kier molecular flexibility index (Phi) is 5.48. The first kappa shape index (κ1) is 21.0. The maximum absolute atomic E-state index is 11.5. The Morgan fingerprint density at radius 1 is 1.26 bits per heavy atom. The third-order valence-corrected chi connectivity index (χ3v) is 6.62. The quantitative estimate of drug-likeness (QED) is 0.399. The van der Waals surface area contributed by atoms with E-state index in [4.69, 9.17) is 0 Å². The van der Waals surface area contributed by atoms with E-state index in [1.165, 1.54) is 0 Å². The summed E-state index contributed by atoms with van der Waals surface area (Å²) in [5.41, 5.74) is 2.75. The van der Waals surface area contributed by atoms with Crippen molar-refractivity contribution in [2.45, 2.75) is 37.7 Å². The van der Waals surface area contributed by atoms with Crippen LogP contribution >= 0.6 is 0 Å². The number of hydrogen-bond acceptors (Lipinski definition) is 4. The summed E-state index contributed by atoms with van der Waals surface area (Å²) in [6.07, 6.45) is 12.4. The topological polar surface area (TPSA) is 66.6 Å². The van der Waals surface area contributed by atoms with Crippen LogP contribution in [0.3, 0.4) is 0 Å². The molecule has 31 heavy (non-hydrogen) atoms. The molecule has 0 radical (unpaired) electrons. The molecule has 2 aromatic rings. The van der Waals surface area contributed by atoms with Crippen LogP contribution in [0.1, 0.15) is 37.8 Å². The number of nitrogens with zero attached hydrogens (tertiary/aromatic N) is 2. The third-order valence-electron chi connectivity index (χ3n) is 6.62. The standard InChI is InChI=1S/C26H27N2O3/c1-25(20-9-5-3-6-10-20)15-17-27(24-14-13-22(28(30)31)19-23(24)25)18-16-26(2,29)21-11-7-4-8-12-21/h3-5,7-14,19,29H,15-18H2,1-2H3/q+1. The summed E-state index contributed by atoms with van der Waals surface area (Å²) in [7, 11) is 0. The molecule has 4 rings (SSSR count). The lowest BCUT2D eigenvalue weighted by molar-refractivity contribution is -0.384. The van der Waals surface area contributed by atoms with Crippen LogP contribution < -0.4 is 4.90 Å². The fourth-order valence-corrected chi connectivity index (χ4v) is 4.53. The minimum absolute atomic E-state index is 0.100. The van der Waals surface area contributed by atoms with E-state index in [-0.39, 0.29) is 16.0 Å². The second kappa shape index (κ2) is 8.10. The van der Waals surface area contributed by atoms with Crippen LogP contribution in [0.15, 0.2) is 78.4 Å². The average molecular weight is 416 g/mol. The first-order valence-electron chi connectivity index (χ1n) is 10.6. The maximum atomic E-state index is 11.5. The van der Waals surface area contributed by atoms with Gasteiger partial charge >= 0.3 is 0 Å². The molecular weight excluding hydrogens is 388 g/mol. The Bertz CT molecular complexity index is 1070. The van der Waals surface area contributed by atoms with E-state index in [9.17, 15) is 15.2 Å². The fraction of sp³-hybridized carbons (Fsp3) is 0.308. The lowest BCUT2D eigenvalue weighted by Crippen LogP contribution is -2.41. The van der Waals surface area contributed by atoms with Gasteiger partial charge in [0.2, 0.25) is 0 Å². The van der Waals surface area contributed by atoms with E-state index in [0.29, 0.717) is 13.0 Å². The highest BCUT2D eigenvalue weighted by atomic mass is 16.6. The molecule has 1 aliphatic heterocycles. The van der Waals surface area contributed by atoms with Crippen LogP contribution in [0.4, 0.5) is 11.4 Å². The van der Waals surface area contributed by atoms with Gasteiger partial charge in [-0.2, -0.15) is 0 Å². The number of benzene rings is 2. The normalized spacial score (nSPS) is 21.6. The van der Waals surface area contributed by atoms with Crippen LogP contribution in [0.25, 0.3) is 0 Å². The summed E-state index contributed by atoms with van der Waals surface area (Å²) in [5, 5.41) is 22.5. The van der Waals surface area contributed by atoms with Gasteiger partial charge in [-0.3, -0.25) is 10.1 Å². The van der Waals surface area contributed by atoms with Gasteiger partial charge in [0.1, 0.15) is 12.2 Å². The highest BCUT2D eigenvalue weighted by Crippen LogP contribution is 2.47. The number of hydrogen-bond donors (Lipinski definition) is 1. The molecule has 158 valence electrons. The lowest BCUT2D eigenvalue weighted by Gasteiger charge is -2.41. The number of rotatable bonds is 6. The zero-order valence-corrected chi connectivity index (χ0v) is 17.9. The highest BCUT2D eigenvalue weighted by molar-refractivity contribution is 5.66. The summed E-state index contributed by atoms with van der Waals surface area (Å²) in [6.45, 7) is 5.45. The molecule has 0 fully saturated rings. The van der Waals surface area contributed by atoms with Crippen LogP contribution in [0.2, 0.25) is 0 Å². The summed E-state index contributed by atoms with van der Waals surface area (Å²) in [6, 6.07) is 14.8. The van der Waals surface area contributed by atoms with Gasteiger partial charge in [-0.05, 0) is 38.3 Å². The SMILES string of the molecule is CC(O)(CCN1CCC(C)(C2=CC=C[C+]=C2)c2cc([N+](=O)[O-])ccc21)c1ccccc1. The van der Waals surface area contributed by atoms with Crippen LogP contribution in [0.5, 0.6) is 0 Å². The van der Waals surface area contributed by atoms with E-state index in [0.717, 1.165) is 35.4 Å². The molecule has 0 bridgehead atoms. The molecule has 0 spiro atoms. The third kappa shape index (κ3) is 4.02. The molecule has 2 aliphatic rings. The van der Waals surface area contributed by atoms with E-state index in [2.05, 4.69) is 24.0 Å². The molecule has 1 aliphatic carbocycles. The Morgan fingerprint density at radius 3 is 2.71 bits per heavy atom. The average Bonchev–Trinajstić information content (AvgIpc) is 2.79. The van der Waals surface area contributed by atoms with Gasteiger partial charge in [0.25, 0.3) is 5.69 Å². The zero-order chi connectivity index (χ0) is 22.1. The second-order valence-electron chi connectivity index (χ2n) is 8.71. The van der Waals surface area contributed by atoms with Gasteiger partial charge in [0.15, 0.2) is 0 Å². The monoisotopic (exact) mass is 415 g/mol. The lowest BCUT2D eigenvalue weighted by atomic mass is 9.69. The number of non-ortho nitro benzene ring substituents is 1. The molecule has 5 nitrogen and oxygen atoms in total. The van der Waals surface area contributed by atoms with Gasteiger partial charge in [0, 0.05) is 48.6 Å². The van der Waals surface area contributed by atoms with Gasteiger partial charge in [-0.25, -0.2) is 0 Å². The van der Waals surface area contributed by atoms with Gasteiger partial charge < -0.3 is 10.0 Å². The van der Waals surface area contributed by atoms with E-state index in [1.54, 1.807) is 12.1 Å². The number of aliphatic hydroxyl groups is 1. The van der Waals surface area contributed by atoms with Crippen molar-refractivity contribution >= 4 is 11.4 Å². The van der Waals surface area contributed by atoms with Crippen LogP contribution in [0, 0.1) is 16.2 Å². The summed E-state index contributed by atoms with van der Waals surface area (Å²) < 4.78 is 0. The van der Waals surface area contributed by atoms with Crippen LogP contribution in [-0.4, -0.2) is 23.1 Å². The molecule has 2 aromatic carbocycles. The van der Waals surface area contributed by atoms with Crippen molar-refractivity contribution in [1.29, 1.82) is 0 Å². The maximum Gasteiger partial charge on any atom is 0.269 e. The van der Waals surface area contributed by atoms with Gasteiger partial charge in [-0.1, -0.05) is 30.3 Å². The molecular formula is C26H27N2O3+. The van der Waals surface area contributed by atoms with E-state index < -0.39 is 5.60 Å². The molecule has 0 saturated heterocycles. The number of allylic oxidation sites excluding steroid dienone is 6. The molecule has 0 amide bonds. The fourth-order valence-electron chi connectivity index (χ4n) is 4.53. The number of fused-ring (bicyclic) bond motifs is 1. The minimum Gasteiger partial charge on any atom is -0.385 e. The zero-order valence-electron chi connectivity index (χ0n) is 17.9. The smallest absolute Gasteiger partial charge is 0.269 e. The Labute approximate surface area is 183 Å². The summed E-state index contributed by atoms with van der Waals surface area (Å²) >= 11 is 0. The van der Waals surface area contributed by atoms with Gasteiger partial charge in [0.05, 0.1) is 27.6 Å². The molecule has 2 atom stereocenters. The number of nitro benzene ring substituents is 1.